The number of aliphatic carboxylic acids is 1. The Morgan fingerprint density at radius 3 is 2.55 bits per heavy atom. The first-order valence-electron chi connectivity index (χ1n) is 13.4. The molecule has 200 valence electrons. The minimum atomic E-state index is -0.806. The van der Waals surface area contributed by atoms with Crippen molar-refractivity contribution in [1.82, 2.24) is 10.3 Å². The minimum Gasteiger partial charge on any atom is -0.481 e. The molecule has 38 heavy (non-hydrogen) atoms. The Morgan fingerprint density at radius 1 is 1.00 bits per heavy atom. The largest absolute Gasteiger partial charge is 0.481 e. The topological polar surface area (TPSA) is 102 Å². The van der Waals surface area contributed by atoms with E-state index in [9.17, 15) is 14.0 Å². The Balaban J connectivity index is 1.18. The number of benzene rings is 2. The van der Waals surface area contributed by atoms with Gasteiger partial charge in [0.05, 0.1) is 18.1 Å². The van der Waals surface area contributed by atoms with Crippen LogP contribution in [0.4, 0.5) is 4.39 Å². The molecule has 8 heteroatoms. The third kappa shape index (κ3) is 6.13. The molecular formula is C30H33FN2O5. The zero-order chi connectivity index (χ0) is 26.5. The molecule has 5 rings (SSSR count). The predicted molar refractivity (Wildman–Crippen MR) is 138 cm³/mol. The number of carbonyl (C=O) groups excluding carboxylic acids is 1. The lowest BCUT2D eigenvalue weighted by Gasteiger charge is -2.26. The summed E-state index contributed by atoms with van der Waals surface area (Å²) in [6.45, 7) is 0.523. The number of carboxylic acid groups (broad SMARTS) is 1. The summed E-state index contributed by atoms with van der Waals surface area (Å²) in [6, 6.07) is 14.5. The van der Waals surface area contributed by atoms with Crippen molar-refractivity contribution in [3.05, 3.63) is 88.9 Å². The van der Waals surface area contributed by atoms with Gasteiger partial charge in [-0.3, -0.25) is 9.59 Å². The lowest BCUT2D eigenvalue weighted by atomic mass is 9.75. The summed E-state index contributed by atoms with van der Waals surface area (Å²) in [4.78, 5) is 28.4. The lowest BCUT2D eigenvalue weighted by molar-refractivity contribution is -0.136. The number of carboxylic acids is 1. The number of fused-ring (bicyclic) bond motifs is 2. The van der Waals surface area contributed by atoms with Crippen LogP contribution in [0.3, 0.4) is 0 Å². The highest BCUT2D eigenvalue weighted by Gasteiger charge is 2.51. The first kappa shape index (κ1) is 26.1. The number of aromatic nitrogens is 1. The zero-order valence-corrected chi connectivity index (χ0v) is 21.3. The van der Waals surface area contributed by atoms with Gasteiger partial charge in [0.2, 0.25) is 5.89 Å². The summed E-state index contributed by atoms with van der Waals surface area (Å²) in [5, 5.41) is 12.0. The number of carbonyl (C=O) groups is 2. The van der Waals surface area contributed by atoms with Gasteiger partial charge in [-0.15, -0.1) is 0 Å². The van der Waals surface area contributed by atoms with Gasteiger partial charge in [-0.05, 0) is 73.8 Å². The van der Waals surface area contributed by atoms with Gasteiger partial charge in [-0.25, -0.2) is 9.37 Å². The van der Waals surface area contributed by atoms with Crippen molar-refractivity contribution in [2.45, 2.75) is 69.5 Å². The lowest BCUT2D eigenvalue weighted by Crippen LogP contribution is -2.28. The van der Waals surface area contributed by atoms with E-state index in [4.69, 9.17) is 14.3 Å². The van der Waals surface area contributed by atoms with Gasteiger partial charge >= 0.3 is 5.97 Å². The first-order valence-corrected chi connectivity index (χ1v) is 13.4. The molecule has 2 N–H and O–H groups in total. The number of ether oxygens (including phenoxy) is 1. The van der Waals surface area contributed by atoms with Crippen LogP contribution < -0.4 is 5.32 Å². The van der Waals surface area contributed by atoms with Gasteiger partial charge in [0.1, 0.15) is 12.1 Å². The molecular weight excluding hydrogens is 487 g/mol. The first-order chi connectivity index (χ1) is 18.5. The van der Waals surface area contributed by atoms with Gasteiger partial charge in [-0.2, -0.15) is 0 Å². The number of rotatable bonds is 12. The van der Waals surface area contributed by atoms with Crippen molar-refractivity contribution < 1.29 is 28.2 Å². The molecule has 2 aliphatic heterocycles. The SMILES string of the molecule is O=C(O)CCc1ccccc1CC1C2CCC(O2)C1c1nc(C(=O)NCCCCc2ccc(F)cc2)co1. The Labute approximate surface area is 221 Å². The molecule has 0 spiro atoms. The highest BCUT2D eigenvalue weighted by atomic mass is 19.1. The molecule has 0 radical (unpaired) electrons. The maximum Gasteiger partial charge on any atom is 0.303 e. The summed E-state index contributed by atoms with van der Waals surface area (Å²) < 4.78 is 25.1. The van der Waals surface area contributed by atoms with Crippen LogP contribution in [0.2, 0.25) is 0 Å². The molecule has 1 aromatic heterocycles. The Morgan fingerprint density at radius 2 is 1.76 bits per heavy atom. The van der Waals surface area contributed by atoms with Gasteiger partial charge < -0.3 is 19.6 Å². The number of halogens is 1. The van der Waals surface area contributed by atoms with Gasteiger partial charge in [0.25, 0.3) is 5.91 Å². The fraction of sp³-hybridized carbons (Fsp3) is 0.433. The quantitative estimate of drug-likeness (QED) is 0.323. The molecule has 0 aliphatic carbocycles. The number of hydrogen-bond donors (Lipinski definition) is 2. The molecule has 2 fully saturated rings. The van der Waals surface area contributed by atoms with Crippen LogP contribution in [-0.4, -0.2) is 40.7 Å². The van der Waals surface area contributed by atoms with E-state index in [1.54, 1.807) is 12.1 Å². The Kier molecular flexibility index (Phi) is 8.17. The van der Waals surface area contributed by atoms with E-state index in [0.717, 1.165) is 55.2 Å². The van der Waals surface area contributed by atoms with E-state index in [0.29, 0.717) is 18.9 Å². The standard InChI is InChI=1S/C30H33FN2O5/c31-22-11-8-19(9-12-22)5-3-4-16-32-29(36)24-18-37-30(33-24)28-23(25-13-14-26(28)38-25)17-21-7-2-1-6-20(21)10-15-27(34)35/h1-2,6-9,11-12,18,23,25-26,28H,3-5,10,13-17H2,(H,32,36)(H,34,35). The molecule has 3 heterocycles. The van der Waals surface area contributed by atoms with Gasteiger partial charge in [0.15, 0.2) is 5.69 Å². The fourth-order valence-corrected chi connectivity index (χ4v) is 5.81. The van der Waals surface area contributed by atoms with Crippen LogP contribution in [0.25, 0.3) is 0 Å². The van der Waals surface area contributed by atoms with Gasteiger partial charge in [0, 0.05) is 18.9 Å². The van der Waals surface area contributed by atoms with Crippen LogP contribution in [0.1, 0.15) is 71.1 Å². The molecule has 4 atom stereocenters. The third-order valence-corrected chi connectivity index (χ3v) is 7.74. The monoisotopic (exact) mass is 520 g/mol. The second-order valence-electron chi connectivity index (χ2n) is 10.3. The van der Waals surface area contributed by atoms with Crippen molar-refractivity contribution in [2.75, 3.05) is 6.54 Å². The minimum absolute atomic E-state index is 0.0113. The number of hydrogen-bond acceptors (Lipinski definition) is 5. The second kappa shape index (κ2) is 11.9. The van der Waals surface area contributed by atoms with E-state index in [-0.39, 0.29) is 47.9 Å². The average molecular weight is 521 g/mol. The smallest absolute Gasteiger partial charge is 0.303 e. The Hall–Kier alpha value is -3.52. The molecule has 4 unspecified atom stereocenters. The molecule has 0 saturated carbocycles. The van der Waals surface area contributed by atoms with Crippen LogP contribution in [0, 0.1) is 11.7 Å². The molecule has 2 saturated heterocycles. The number of nitrogens with zero attached hydrogens (tertiary/aromatic N) is 1. The summed E-state index contributed by atoms with van der Waals surface area (Å²) in [7, 11) is 0. The Bertz CT molecular complexity index is 1260. The van der Waals surface area contributed by atoms with Crippen molar-refractivity contribution in [3.63, 3.8) is 0 Å². The second-order valence-corrected chi connectivity index (χ2v) is 10.3. The van der Waals surface area contributed by atoms with Crippen LogP contribution in [0.5, 0.6) is 0 Å². The number of unbranched alkanes of at least 4 members (excludes halogenated alkanes) is 1. The van der Waals surface area contributed by atoms with Crippen LogP contribution >= 0.6 is 0 Å². The van der Waals surface area contributed by atoms with Gasteiger partial charge in [-0.1, -0.05) is 36.4 Å². The molecule has 1 amide bonds. The zero-order valence-electron chi connectivity index (χ0n) is 21.3. The number of aryl methyl sites for hydroxylation is 2. The molecule has 3 aromatic rings. The van der Waals surface area contributed by atoms with E-state index in [1.165, 1.54) is 18.4 Å². The van der Waals surface area contributed by atoms with E-state index in [2.05, 4.69) is 16.4 Å². The van der Waals surface area contributed by atoms with Crippen molar-refractivity contribution in [2.24, 2.45) is 5.92 Å². The summed E-state index contributed by atoms with van der Waals surface area (Å²) in [5.74, 6) is -0.663. The summed E-state index contributed by atoms with van der Waals surface area (Å²) in [6.07, 6.45) is 7.30. The summed E-state index contributed by atoms with van der Waals surface area (Å²) >= 11 is 0. The number of amides is 1. The molecule has 7 nitrogen and oxygen atoms in total. The normalized spacial score (nSPS) is 22.0. The fourth-order valence-electron chi connectivity index (χ4n) is 5.81. The number of oxazole rings is 1. The van der Waals surface area contributed by atoms with E-state index in [1.807, 2.05) is 18.2 Å². The van der Waals surface area contributed by atoms with Crippen molar-refractivity contribution in [1.29, 1.82) is 0 Å². The van der Waals surface area contributed by atoms with Crippen molar-refractivity contribution in [3.8, 4) is 0 Å². The third-order valence-electron chi connectivity index (χ3n) is 7.74. The van der Waals surface area contributed by atoms with Crippen molar-refractivity contribution >= 4 is 11.9 Å². The summed E-state index contributed by atoms with van der Waals surface area (Å²) in [5.41, 5.74) is 3.52. The maximum absolute atomic E-state index is 13.0. The maximum atomic E-state index is 13.0. The van der Waals surface area contributed by atoms with Crippen LogP contribution in [-0.2, 0) is 28.8 Å². The highest BCUT2D eigenvalue weighted by molar-refractivity contribution is 5.91. The highest BCUT2D eigenvalue weighted by Crippen LogP contribution is 2.50. The molecule has 2 aromatic carbocycles. The predicted octanol–water partition coefficient (Wildman–Crippen LogP) is 5.09. The molecule has 2 aliphatic rings. The average Bonchev–Trinajstić information content (AvgIpc) is 3.66. The van der Waals surface area contributed by atoms with Crippen LogP contribution in [0.15, 0.2) is 59.2 Å². The van der Waals surface area contributed by atoms with E-state index >= 15 is 0 Å². The number of nitrogens with one attached hydrogen (secondary N) is 1. The molecule has 2 bridgehead atoms. The van der Waals surface area contributed by atoms with E-state index < -0.39 is 5.97 Å².